The largest absolute Gasteiger partial charge is 0.497 e. The van der Waals surface area contributed by atoms with E-state index in [1.807, 2.05) is 30.3 Å². The van der Waals surface area contributed by atoms with Gasteiger partial charge >= 0.3 is 5.97 Å². The molecule has 2 aromatic heterocycles. The molecule has 3 aromatic rings. The Balaban J connectivity index is 1.88. The van der Waals surface area contributed by atoms with E-state index in [0.717, 1.165) is 29.7 Å². The molecule has 0 amide bonds. The van der Waals surface area contributed by atoms with Gasteiger partial charge in [0, 0.05) is 11.8 Å². The van der Waals surface area contributed by atoms with Crippen molar-refractivity contribution >= 4 is 23.3 Å². The second-order valence-corrected chi connectivity index (χ2v) is 6.49. The number of pyridine rings is 1. The molecule has 27 heavy (non-hydrogen) atoms. The summed E-state index contributed by atoms with van der Waals surface area (Å²) in [6.07, 6.45) is 5.70. The molecule has 6 nitrogen and oxygen atoms in total. The highest BCUT2D eigenvalue weighted by Crippen LogP contribution is 2.30. The highest BCUT2D eigenvalue weighted by atomic mass is 16.5. The molecule has 0 spiro atoms. The molecular weight excluding hydrogens is 344 g/mol. The van der Waals surface area contributed by atoms with E-state index in [1.54, 1.807) is 13.2 Å². The number of ether oxygens (including phenoxy) is 1. The van der Waals surface area contributed by atoms with Crippen molar-refractivity contribution in [1.82, 2.24) is 9.38 Å². The van der Waals surface area contributed by atoms with E-state index in [9.17, 15) is 9.59 Å². The molecule has 0 fully saturated rings. The summed E-state index contributed by atoms with van der Waals surface area (Å²) in [5.74, 6) is -0.298. The first kappa shape index (κ1) is 17.0. The zero-order valence-corrected chi connectivity index (χ0v) is 14.8. The monoisotopic (exact) mass is 362 g/mol. The first-order valence-corrected chi connectivity index (χ1v) is 8.70. The topological polar surface area (TPSA) is 80.9 Å². The summed E-state index contributed by atoms with van der Waals surface area (Å²) in [7, 11) is 1.63. The maximum absolute atomic E-state index is 12.9. The summed E-state index contributed by atoms with van der Waals surface area (Å²) in [6.45, 7) is 0. The minimum atomic E-state index is -1.07. The van der Waals surface area contributed by atoms with Gasteiger partial charge in [-0.25, -0.2) is 9.78 Å². The first-order valence-electron chi connectivity index (χ1n) is 8.70. The van der Waals surface area contributed by atoms with E-state index in [-0.39, 0.29) is 11.1 Å². The Labute approximate surface area is 155 Å². The van der Waals surface area contributed by atoms with Crippen LogP contribution in [0.2, 0.25) is 0 Å². The number of fused-ring (bicyclic) bond motifs is 2. The molecule has 4 rings (SSSR count). The van der Waals surface area contributed by atoms with Gasteiger partial charge in [-0.05, 0) is 60.7 Å². The van der Waals surface area contributed by atoms with Gasteiger partial charge in [-0.1, -0.05) is 12.1 Å². The number of carboxylic acids is 1. The van der Waals surface area contributed by atoms with Crippen LogP contribution in [0.1, 0.15) is 40.0 Å². The smallest absolute Gasteiger partial charge is 0.337 e. The third-order valence-electron chi connectivity index (χ3n) is 4.77. The fourth-order valence-corrected chi connectivity index (χ4v) is 3.44. The zero-order valence-electron chi connectivity index (χ0n) is 14.8. The molecule has 0 atom stereocenters. The van der Waals surface area contributed by atoms with Crippen molar-refractivity contribution in [3.63, 3.8) is 0 Å². The normalized spacial score (nSPS) is 14.9. The number of nitrogens with zero attached hydrogens (tertiary/aromatic N) is 2. The second-order valence-electron chi connectivity index (χ2n) is 6.49. The molecule has 1 aliphatic rings. The maximum atomic E-state index is 12.9. The molecule has 0 radical (unpaired) electrons. The van der Waals surface area contributed by atoms with Gasteiger partial charge in [0.1, 0.15) is 11.4 Å². The third-order valence-corrected chi connectivity index (χ3v) is 4.77. The van der Waals surface area contributed by atoms with Crippen molar-refractivity contribution in [3.8, 4) is 5.75 Å². The second kappa shape index (κ2) is 6.72. The van der Waals surface area contributed by atoms with E-state index >= 15 is 0 Å². The lowest BCUT2D eigenvalue weighted by atomic mass is 9.90. The summed E-state index contributed by atoms with van der Waals surface area (Å²) >= 11 is 0. The maximum Gasteiger partial charge on any atom is 0.337 e. The number of carboxylic acid groups (broad SMARTS) is 1. The van der Waals surface area contributed by atoms with Gasteiger partial charge in [0.25, 0.3) is 5.56 Å². The lowest BCUT2D eigenvalue weighted by Gasteiger charge is -2.18. The predicted molar refractivity (Wildman–Crippen MR) is 102 cm³/mol. The number of benzene rings is 1. The molecule has 0 saturated heterocycles. The summed E-state index contributed by atoms with van der Waals surface area (Å²) < 4.78 is 6.60. The van der Waals surface area contributed by atoms with E-state index in [2.05, 4.69) is 4.98 Å². The highest BCUT2D eigenvalue weighted by Gasteiger charge is 2.21. The Hall–Kier alpha value is -3.41. The summed E-state index contributed by atoms with van der Waals surface area (Å²) in [6, 6.07) is 10.8. The average molecular weight is 362 g/mol. The van der Waals surface area contributed by atoms with Gasteiger partial charge in [-0.2, -0.15) is 0 Å². The van der Waals surface area contributed by atoms with Crippen LogP contribution in [0.4, 0.5) is 0 Å². The molecule has 0 bridgehead atoms. The number of allylic oxidation sites excluding steroid dienone is 1. The van der Waals surface area contributed by atoms with Crippen molar-refractivity contribution in [2.75, 3.05) is 7.11 Å². The molecule has 136 valence electrons. The lowest BCUT2D eigenvalue weighted by molar-refractivity contribution is 0.0696. The molecule has 1 N–H and O–H groups in total. The number of aromatic carboxylic acids is 1. The van der Waals surface area contributed by atoms with Crippen LogP contribution in [0.15, 0.2) is 47.4 Å². The quantitative estimate of drug-likeness (QED) is 0.773. The van der Waals surface area contributed by atoms with Crippen LogP contribution in [-0.4, -0.2) is 27.6 Å². The van der Waals surface area contributed by atoms with Crippen LogP contribution < -0.4 is 10.3 Å². The molecule has 1 aliphatic carbocycles. The van der Waals surface area contributed by atoms with Crippen molar-refractivity contribution in [1.29, 1.82) is 0 Å². The number of hydrogen-bond donors (Lipinski definition) is 1. The number of carbonyl (C=O) groups is 1. The van der Waals surface area contributed by atoms with Gasteiger partial charge in [0.15, 0.2) is 0 Å². The van der Waals surface area contributed by atoms with Crippen LogP contribution in [0.25, 0.3) is 17.3 Å². The van der Waals surface area contributed by atoms with Crippen LogP contribution in [0, 0.1) is 0 Å². The van der Waals surface area contributed by atoms with Crippen LogP contribution in [-0.2, 0) is 6.42 Å². The van der Waals surface area contributed by atoms with Gasteiger partial charge in [0.05, 0.1) is 18.4 Å². The molecule has 2 heterocycles. The van der Waals surface area contributed by atoms with Crippen molar-refractivity contribution in [2.24, 2.45) is 0 Å². The Morgan fingerprint density at radius 2 is 2.11 bits per heavy atom. The Kier molecular flexibility index (Phi) is 4.24. The molecule has 0 saturated carbocycles. The molecule has 6 heteroatoms. The molecule has 0 unspecified atom stereocenters. The van der Waals surface area contributed by atoms with E-state index in [1.165, 1.54) is 16.7 Å². The number of methoxy groups -OCH3 is 1. The van der Waals surface area contributed by atoms with Crippen molar-refractivity contribution in [2.45, 2.75) is 19.3 Å². The fourth-order valence-electron chi connectivity index (χ4n) is 3.44. The van der Waals surface area contributed by atoms with Crippen LogP contribution in [0.5, 0.6) is 5.75 Å². The Morgan fingerprint density at radius 1 is 1.26 bits per heavy atom. The van der Waals surface area contributed by atoms with Gasteiger partial charge in [-0.3, -0.25) is 9.20 Å². The van der Waals surface area contributed by atoms with Crippen molar-refractivity contribution in [3.05, 3.63) is 75.3 Å². The zero-order chi connectivity index (χ0) is 19.0. The molecule has 0 aliphatic heterocycles. The molecule has 1 aromatic carbocycles. The minimum Gasteiger partial charge on any atom is -0.497 e. The predicted octanol–water partition coefficient (Wildman–Crippen LogP) is 3.28. The Bertz CT molecular complexity index is 1140. The lowest BCUT2D eigenvalue weighted by Crippen LogP contribution is -2.25. The van der Waals surface area contributed by atoms with Crippen molar-refractivity contribution < 1.29 is 14.6 Å². The number of hydrogen-bond acceptors (Lipinski definition) is 4. The summed E-state index contributed by atoms with van der Waals surface area (Å²) in [5.41, 5.74) is 3.64. The van der Waals surface area contributed by atoms with E-state index in [0.29, 0.717) is 23.3 Å². The first-order chi connectivity index (χ1) is 13.1. The van der Waals surface area contributed by atoms with Gasteiger partial charge in [-0.15, -0.1) is 0 Å². The standard InChI is InChI=1S/C21H18N2O4/c1-27-16-6-2-4-13(11-16)10-14-5-3-7-17-19(14)22-18-9-8-15(21(25)26)12-23(18)20(17)24/h2,4,6,8-12H,3,5,7H2,1H3,(H,25,26). The SMILES string of the molecule is COc1cccc(C=C2CCCc3c2nc2ccc(C(=O)O)cn2c3=O)c1. The minimum absolute atomic E-state index is 0.0642. The highest BCUT2D eigenvalue weighted by molar-refractivity contribution is 5.88. The summed E-state index contributed by atoms with van der Waals surface area (Å²) in [5, 5.41) is 9.17. The van der Waals surface area contributed by atoms with Gasteiger partial charge < -0.3 is 9.84 Å². The average Bonchev–Trinajstić information content (AvgIpc) is 2.68. The number of rotatable bonds is 3. The van der Waals surface area contributed by atoms with E-state index in [4.69, 9.17) is 9.84 Å². The number of aromatic nitrogens is 2. The van der Waals surface area contributed by atoms with Crippen LogP contribution in [0.3, 0.4) is 0 Å². The molecular formula is C21H18N2O4. The Morgan fingerprint density at radius 3 is 2.89 bits per heavy atom. The van der Waals surface area contributed by atoms with Gasteiger partial charge in [0.2, 0.25) is 0 Å². The van der Waals surface area contributed by atoms with Crippen LogP contribution >= 0.6 is 0 Å². The van der Waals surface area contributed by atoms with E-state index < -0.39 is 5.97 Å². The summed E-state index contributed by atoms with van der Waals surface area (Å²) in [4.78, 5) is 28.8. The third kappa shape index (κ3) is 3.10. The fraction of sp³-hybridized carbons (Fsp3) is 0.190.